The van der Waals surface area contributed by atoms with Crippen LogP contribution < -0.4 is 0 Å². The summed E-state index contributed by atoms with van der Waals surface area (Å²) >= 11 is 1.65. The molecule has 13 heavy (non-hydrogen) atoms. The average Bonchev–Trinajstić information content (AvgIpc) is 2.52. The summed E-state index contributed by atoms with van der Waals surface area (Å²) in [4.78, 5) is 16.2. The molecule has 0 unspecified atom stereocenters. The van der Waals surface area contributed by atoms with Crippen molar-refractivity contribution in [2.75, 3.05) is 7.11 Å². The Kier molecular flexibility index (Phi) is 3.89. The fourth-order valence-electron chi connectivity index (χ4n) is 1.06. The molecule has 1 heterocycles. The first-order valence-electron chi connectivity index (χ1n) is 4.20. The Morgan fingerprint density at radius 1 is 1.69 bits per heavy atom. The highest BCUT2D eigenvalue weighted by Crippen LogP contribution is 2.14. The van der Waals surface area contributed by atoms with Crippen molar-refractivity contribution < 1.29 is 9.53 Å². The van der Waals surface area contributed by atoms with Gasteiger partial charge in [0.2, 0.25) is 0 Å². The third-order valence-electron chi connectivity index (χ3n) is 1.86. The molecule has 0 aliphatic heterocycles. The van der Waals surface area contributed by atoms with Crippen LogP contribution in [-0.4, -0.2) is 18.1 Å². The van der Waals surface area contributed by atoms with E-state index < -0.39 is 0 Å². The van der Waals surface area contributed by atoms with E-state index in [1.807, 2.05) is 12.4 Å². The van der Waals surface area contributed by atoms with Crippen molar-refractivity contribution in [3.05, 3.63) is 16.1 Å². The number of rotatable bonds is 4. The molecular formula is C9H13NO2S. The van der Waals surface area contributed by atoms with Crippen LogP contribution in [0.2, 0.25) is 0 Å². The maximum Gasteiger partial charge on any atom is 0.305 e. The molecule has 1 aromatic rings. The zero-order valence-electron chi connectivity index (χ0n) is 7.87. The second-order valence-corrected chi connectivity index (χ2v) is 3.73. The number of hydrogen-bond donors (Lipinski definition) is 0. The molecule has 0 aliphatic rings. The third-order valence-corrected chi connectivity index (χ3v) is 2.85. The van der Waals surface area contributed by atoms with Gasteiger partial charge in [0, 0.05) is 11.3 Å². The minimum atomic E-state index is -0.137. The highest BCUT2D eigenvalue weighted by atomic mass is 32.1. The summed E-state index contributed by atoms with van der Waals surface area (Å²) < 4.78 is 4.55. The standard InChI is InChI=1S/C9H13NO2S/c1-7-8(13-6-10-7)4-3-5-9(11)12-2/h6H,3-5H2,1-2H3. The molecule has 0 saturated heterocycles. The van der Waals surface area contributed by atoms with E-state index >= 15 is 0 Å². The lowest BCUT2D eigenvalue weighted by atomic mass is 10.2. The number of esters is 1. The monoisotopic (exact) mass is 199 g/mol. The molecule has 0 atom stereocenters. The Balaban J connectivity index is 2.28. The number of aryl methyl sites for hydroxylation is 2. The van der Waals surface area contributed by atoms with Gasteiger partial charge in [-0.25, -0.2) is 4.98 Å². The van der Waals surface area contributed by atoms with Crippen LogP contribution in [0.4, 0.5) is 0 Å². The highest BCUT2D eigenvalue weighted by molar-refractivity contribution is 7.09. The summed E-state index contributed by atoms with van der Waals surface area (Å²) in [6.07, 6.45) is 2.26. The zero-order valence-corrected chi connectivity index (χ0v) is 8.69. The van der Waals surface area contributed by atoms with Crippen molar-refractivity contribution in [2.45, 2.75) is 26.2 Å². The SMILES string of the molecule is COC(=O)CCCc1scnc1C. The zero-order chi connectivity index (χ0) is 9.68. The van der Waals surface area contributed by atoms with Gasteiger partial charge in [0.15, 0.2) is 0 Å². The molecule has 0 amide bonds. The second kappa shape index (κ2) is 4.97. The number of nitrogens with zero attached hydrogens (tertiary/aromatic N) is 1. The Hall–Kier alpha value is -0.900. The first-order chi connectivity index (χ1) is 6.24. The Bertz CT molecular complexity index is 283. The summed E-state index contributed by atoms with van der Waals surface area (Å²) in [5, 5.41) is 0. The molecule has 0 N–H and O–H groups in total. The molecule has 0 aliphatic carbocycles. The van der Waals surface area contributed by atoms with Crippen molar-refractivity contribution in [1.82, 2.24) is 4.98 Å². The second-order valence-electron chi connectivity index (χ2n) is 2.79. The van der Waals surface area contributed by atoms with Crippen molar-refractivity contribution >= 4 is 17.3 Å². The largest absolute Gasteiger partial charge is 0.469 e. The minimum absolute atomic E-state index is 0.137. The van der Waals surface area contributed by atoms with E-state index in [4.69, 9.17) is 0 Å². The van der Waals surface area contributed by atoms with E-state index in [1.165, 1.54) is 12.0 Å². The minimum Gasteiger partial charge on any atom is -0.469 e. The topological polar surface area (TPSA) is 39.2 Å². The van der Waals surface area contributed by atoms with Crippen molar-refractivity contribution in [3.8, 4) is 0 Å². The maximum atomic E-state index is 10.8. The number of carbonyl (C=O) groups excluding carboxylic acids is 1. The molecule has 0 saturated carbocycles. The highest BCUT2D eigenvalue weighted by Gasteiger charge is 2.03. The molecule has 1 rings (SSSR count). The van der Waals surface area contributed by atoms with E-state index in [2.05, 4.69) is 9.72 Å². The van der Waals surface area contributed by atoms with Crippen LogP contribution in [0.3, 0.4) is 0 Å². The summed E-state index contributed by atoms with van der Waals surface area (Å²) in [5.41, 5.74) is 2.91. The van der Waals surface area contributed by atoms with Gasteiger partial charge in [-0.1, -0.05) is 0 Å². The van der Waals surface area contributed by atoms with Gasteiger partial charge < -0.3 is 4.74 Å². The fraction of sp³-hybridized carbons (Fsp3) is 0.556. The Labute approximate surface area is 81.8 Å². The molecule has 0 fully saturated rings. The van der Waals surface area contributed by atoms with E-state index in [0.717, 1.165) is 18.5 Å². The van der Waals surface area contributed by atoms with Gasteiger partial charge >= 0.3 is 5.97 Å². The Morgan fingerprint density at radius 2 is 2.46 bits per heavy atom. The predicted molar refractivity (Wildman–Crippen MR) is 51.8 cm³/mol. The van der Waals surface area contributed by atoms with Crippen molar-refractivity contribution in [1.29, 1.82) is 0 Å². The normalized spacial score (nSPS) is 10.0. The van der Waals surface area contributed by atoms with E-state index in [0.29, 0.717) is 6.42 Å². The molecule has 3 nitrogen and oxygen atoms in total. The smallest absolute Gasteiger partial charge is 0.305 e. The van der Waals surface area contributed by atoms with Gasteiger partial charge in [-0.2, -0.15) is 0 Å². The first kappa shape index (κ1) is 10.2. The first-order valence-corrected chi connectivity index (χ1v) is 5.07. The number of ether oxygens (including phenoxy) is 1. The van der Waals surface area contributed by atoms with E-state index in [-0.39, 0.29) is 5.97 Å². The summed E-state index contributed by atoms with van der Waals surface area (Å²) in [7, 11) is 1.42. The van der Waals surface area contributed by atoms with Gasteiger partial charge in [0.25, 0.3) is 0 Å². The lowest BCUT2D eigenvalue weighted by Gasteiger charge is -1.98. The Morgan fingerprint density at radius 3 is 3.00 bits per heavy atom. The molecule has 1 aromatic heterocycles. The number of aromatic nitrogens is 1. The molecule has 4 heteroatoms. The molecule has 0 aromatic carbocycles. The quantitative estimate of drug-likeness (QED) is 0.696. The van der Waals surface area contributed by atoms with Gasteiger partial charge in [-0.3, -0.25) is 4.79 Å². The molecule has 72 valence electrons. The van der Waals surface area contributed by atoms with E-state index in [1.54, 1.807) is 11.3 Å². The van der Waals surface area contributed by atoms with Gasteiger partial charge in [0.1, 0.15) is 0 Å². The average molecular weight is 199 g/mol. The fourth-order valence-corrected chi connectivity index (χ4v) is 1.88. The van der Waals surface area contributed by atoms with Crippen LogP contribution in [0, 0.1) is 6.92 Å². The summed E-state index contributed by atoms with van der Waals surface area (Å²) in [6, 6.07) is 0. The van der Waals surface area contributed by atoms with Crippen LogP contribution in [0.1, 0.15) is 23.4 Å². The van der Waals surface area contributed by atoms with Crippen LogP contribution in [0.5, 0.6) is 0 Å². The lowest BCUT2D eigenvalue weighted by molar-refractivity contribution is -0.140. The molecule has 0 spiro atoms. The van der Waals surface area contributed by atoms with Crippen LogP contribution in [0.15, 0.2) is 5.51 Å². The van der Waals surface area contributed by atoms with Gasteiger partial charge in [-0.15, -0.1) is 11.3 Å². The molecular weight excluding hydrogens is 186 g/mol. The van der Waals surface area contributed by atoms with Gasteiger partial charge in [0.05, 0.1) is 18.3 Å². The van der Waals surface area contributed by atoms with Gasteiger partial charge in [-0.05, 0) is 19.8 Å². The number of thiazole rings is 1. The molecule has 0 bridgehead atoms. The predicted octanol–water partition coefficient (Wildman–Crippen LogP) is 1.95. The lowest BCUT2D eigenvalue weighted by Crippen LogP contribution is -2.00. The van der Waals surface area contributed by atoms with Crippen molar-refractivity contribution in [2.24, 2.45) is 0 Å². The number of methoxy groups -OCH3 is 1. The van der Waals surface area contributed by atoms with Crippen molar-refractivity contribution in [3.63, 3.8) is 0 Å². The maximum absolute atomic E-state index is 10.8. The molecule has 0 radical (unpaired) electrons. The third kappa shape index (κ3) is 3.14. The van der Waals surface area contributed by atoms with Crippen LogP contribution >= 0.6 is 11.3 Å². The van der Waals surface area contributed by atoms with Crippen LogP contribution in [0.25, 0.3) is 0 Å². The van der Waals surface area contributed by atoms with E-state index in [9.17, 15) is 4.79 Å². The number of carbonyl (C=O) groups is 1. The van der Waals surface area contributed by atoms with Crippen LogP contribution in [-0.2, 0) is 16.0 Å². The summed E-state index contributed by atoms with van der Waals surface area (Å²) in [6.45, 7) is 1.99. The number of hydrogen-bond acceptors (Lipinski definition) is 4. The summed E-state index contributed by atoms with van der Waals surface area (Å²) in [5.74, 6) is -0.137.